The molecule has 20 atom stereocenters. The van der Waals surface area contributed by atoms with Gasteiger partial charge in [-0.15, -0.1) is 0 Å². The fourth-order valence-electron chi connectivity index (χ4n) is 20.7. The lowest BCUT2D eigenvalue weighted by atomic mass is 9.69. The third kappa shape index (κ3) is 27.8. The van der Waals surface area contributed by atoms with E-state index in [1.165, 1.54) is 0 Å². The quantitative estimate of drug-likeness (QED) is 0.0295. The number of phenols is 1. The highest BCUT2D eigenvalue weighted by Gasteiger charge is 2.47. The van der Waals surface area contributed by atoms with Gasteiger partial charge < -0.3 is 81.6 Å². The number of nitrogens with two attached hydrogens (primary N) is 5. The molecule has 20 N–H and O–H groups in total. The molecule has 1 aromatic rings. The minimum absolute atomic E-state index is 0.0114. The number of rotatable bonds is 41. The second-order valence-electron chi connectivity index (χ2n) is 35.4. The van der Waals surface area contributed by atoms with Crippen molar-refractivity contribution < 1.29 is 62.6 Å². The smallest absolute Gasteiger partial charge is 0.225 e. The molecule has 8 aliphatic rings. The maximum Gasteiger partial charge on any atom is 0.225 e. The second kappa shape index (κ2) is 47.3. The average molecular weight is 1590 g/mol. The summed E-state index contributed by atoms with van der Waals surface area (Å²) in [6.07, 6.45) is 28.1. The second-order valence-corrected chi connectivity index (χ2v) is 35.4. The molecule has 8 unspecified atom stereocenters. The number of unbranched alkanes of at least 4 members (excludes halogenated alkanes) is 3. The molecule has 10 amide bonds. The van der Waals surface area contributed by atoms with Crippen LogP contribution in [0.15, 0.2) is 24.3 Å². The summed E-state index contributed by atoms with van der Waals surface area (Å²) in [4.78, 5) is 171. The number of phenolic OH excluding ortho intramolecular Hbond substituents is 1. The van der Waals surface area contributed by atoms with Gasteiger partial charge in [0.15, 0.2) is 0 Å². The summed E-state index contributed by atoms with van der Waals surface area (Å²) < 4.78 is 0. The van der Waals surface area contributed by atoms with E-state index in [-0.39, 0.29) is 108 Å². The van der Waals surface area contributed by atoms with Crippen LogP contribution in [0.1, 0.15) is 295 Å². The molecule has 114 heavy (non-hydrogen) atoms. The van der Waals surface area contributed by atoms with Gasteiger partial charge in [-0.25, -0.2) is 0 Å². The van der Waals surface area contributed by atoms with E-state index in [0.717, 1.165) is 108 Å². The van der Waals surface area contributed by atoms with Crippen LogP contribution in [0.5, 0.6) is 5.75 Å². The van der Waals surface area contributed by atoms with E-state index >= 15 is 9.59 Å². The Balaban J connectivity index is 0.776. The lowest BCUT2D eigenvalue weighted by Gasteiger charge is -2.38. The van der Waals surface area contributed by atoms with Gasteiger partial charge in [-0.05, 0) is 185 Å². The van der Waals surface area contributed by atoms with Gasteiger partial charge in [0.25, 0.3) is 0 Å². The van der Waals surface area contributed by atoms with Crippen molar-refractivity contribution in [3.63, 3.8) is 0 Å². The number of primary amides is 1. The summed E-state index contributed by atoms with van der Waals surface area (Å²) in [7, 11) is 0. The molecule has 0 radical (unpaired) electrons. The van der Waals surface area contributed by atoms with Gasteiger partial charge in [0.1, 0.15) is 17.3 Å². The minimum atomic E-state index is -0.649. The van der Waals surface area contributed by atoms with Crippen LogP contribution in [0, 0.1) is 59.2 Å². The van der Waals surface area contributed by atoms with Crippen LogP contribution >= 0.6 is 0 Å². The van der Waals surface area contributed by atoms with E-state index in [1.807, 2.05) is 0 Å². The minimum Gasteiger partial charge on any atom is -0.508 e. The maximum atomic E-state index is 15.2. The van der Waals surface area contributed by atoms with Gasteiger partial charge in [0.2, 0.25) is 59.1 Å². The van der Waals surface area contributed by atoms with Crippen molar-refractivity contribution in [2.75, 3.05) is 19.6 Å². The first kappa shape index (κ1) is 90.8. The van der Waals surface area contributed by atoms with Gasteiger partial charge in [0, 0.05) is 122 Å². The zero-order chi connectivity index (χ0) is 81.5. The first-order chi connectivity index (χ1) is 55.1. The number of carbonyl (C=O) groups excluding carboxylic acids is 12. The van der Waals surface area contributed by atoms with Gasteiger partial charge in [0.05, 0.1) is 23.7 Å². The summed E-state index contributed by atoms with van der Waals surface area (Å²) in [5, 5.41) is 38.5. The lowest BCUT2D eigenvalue weighted by Crippen LogP contribution is -2.55. The van der Waals surface area contributed by atoms with Crippen molar-refractivity contribution in [2.24, 2.45) is 87.8 Å². The maximum absolute atomic E-state index is 15.2. The van der Waals surface area contributed by atoms with E-state index in [2.05, 4.69) is 47.9 Å². The summed E-state index contributed by atoms with van der Waals surface area (Å²) >= 11 is 0. The fourth-order valence-corrected chi connectivity index (χ4v) is 20.7. The largest absolute Gasteiger partial charge is 0.508 e. The van der Waals surface area contributed by atoms with Crippen LogP contribution in [0.2, 0.25) is 0 Å². The first-order valence-electron chi connectivity index (χ1n) is 44.8. The number of hydrogen-bond donors (Lipinski definition) is 15. The van der Waals surface area contributed by atoms with Gasteiger partial charge in [-0.3, -0.25) is 57.5 Å². The SMILES string of the molecule is NCCCC[C@@H](CC(=O)N[C@H]1CCCCC1C(=O)[C@H]1CCCCC1C(=O)N[C@@H](CCCCN)CC(=O)N[C@H]1CCCCC1C(=O)[C@H]1CCCCC1C(=O)N[C@@H](CCCCN)CC(=O)N[C@H]1CCCCC1C(=O)N[C@H]1CCCCC1C(N)=O)NC(=O)C1CCCC[C@@H]1NC(=O)C1CCCC[C@@H]1NC(=O)C[C@@H](N)Cc1ccc(O)cc1. The molecule has 0 aromatic heterocycles. The molecule has 27 heteroatoms. The average Bonchev–Trinajstić information content (AvgIpc) is 0.806. The highest BCUT2D eigenvalue weighted by molar-refractivity contribution is 5.94. The van der Waals surface area contributed by atoms with Crippen molar-refractivity contribution >= 4 is 70.6 Å². The molecular formula is C87H142N14O13. The van der Waals surface area contributed by atoms with Gasteiger partial charge in [-0.1, -0.05) is 134 Å². The number of Topliss-reactive ketones (excluding diaryl/α,β-unsaturated/α-hetero) is 2. The van der Waals surface area contributed by atoms with Crippen LogP contribution < -0.4 is 76.5 Å². The normalized spacial score (nSPS) is 29.1. The fraction of sp³-hybridized carbons (Fsp3) is 0.793. The van der Waals surface area contributed by atoms with Gasteiger partial charge >= 0.3 is 0 Å². The highest BCUT2D eigenvalue weighted by atomic mass is 16.3. The number of benzene rings is 1. The number of nitrogens with one attached hydrogen (secondary N) is 9. The zero-order valence-corrected chi connectivity index (χ0v) is 68.2. The Hall–Kier alpha value is -7.10. The molecule has 1 aromatic carbocycles. The molecule has 8 aliphatic carbocycles. The molecule has 9 rings (SSSR count). The van der Waals surface area contributed by atoms with Crippen molar-refractivity contribution in [3.05, 3.63) is 29.8 Å². The lowest BCUT2D eigenvalue weighted by molar-refractivity contribution is -0.140. The van der Waals surface area contributed by atoms with Crippen molar-refractivity contribution in [1.82, 2.24) is 47.9 Å². The van der Waals surface area contributed by atoms with Crippen LogP contribution in [0.4, 0.5) is 0 Å². The topological polar surface area (TPSA) is 463 Å². The van der Waals surface area contributed by atoms with E-state index in [1.54, 1.807) is 24.3 Å². The van der Waals surface area contributed by atoms with Crippen LogP contribution in [0.3, 0.4) is 0 Å². The number of amides is 10. The van der Waals surface area contributed by atoms with Crippen molar-refractivity contribution in [1.29, 1.82) is 0 Å². The molecule has 0 heterocycles. The molecule has 8 fully saturated rings. The Labute approximate surface area is 676 Å². The van der Waals surface area contributed by atoms with E-state index in [9.17, 15) is 53.1 Å². The zero-order valence-electron chi connectivity index (χ0n) is 68.2. The van der Waals surface area contributed by atoms with Crippen LogP contribution in [-0.4, -0.2) is 156 Å². The van der Waals surface area contributed by atoms with E-state index in [4.69, 9.17) is 28.7 Å². The Morgan fingerprint density at radius 2 is 0.579 bits per heavy atom. The third-order valence-corrected chi connectivity index (χ3v) is 26.9. The Bertz CT molecular complexity index is 3310. The summed E-state index contributed by atoms with van der Waals surface area (Å²) in [5.41, 5.74) is 30.9. The number of hydrogen-bond acceptors (Lipinski definition) is 17. The summed E-state index contributed by atoms with van der Waals surface area (Å²) in [6, 6.07) is 2.06. The Morgan fingerprint density at radius 3 is 0.921 bits per heavy atom. The van der Waals surface area contributed by atoms with Gasteiger partial charge in [-0.2, -0.15) is 0 Å². The van der Waals surface area contributed by atoms with Crippen molar-refractivity contribution in [3.8, 4) is 5.75 Å². The number of carbonyl (C=O) groups is 12. The van der Waals surface area contributed by atoms with Crippen molar-refractivity contribution in [2.45, 2.75) is 356 Å². The number of aromatic hydroxyl groups is 1. The highest BCUT2D eigenvalue weighted by Crippen LogP contribution is 2.40. The summed E-state index contributed by atoms with van der Waals surface area (Å²) in [6.45, 7) is 1.31. The molecular weight excluding hydrogens is 1450 g/mol. The summed E-state index contributed by atoms with van der Waals surface area (Å²) in [5.74, 6) is -8.02. The van der Waals surface area contributed by atoms with Crippen LogP contribution in [0.25, 0.3) is 0 Å². The molecule has 0 aliphatic heterocycles. The molecule has 27 nitrogen and oxygen atoms in total. The Kier molecular flexibility index (Phi) is 37.7. The molecule has 638 valence electrons. The molecule has 0 bridgehead atoms. The van der Waals surface area contributed by atoms with E-state index in [0.29, 0.717) is 187 Å². The van der Waals surface area contributed by atoms with E-state index < -0.39 is 113 Å². The standard InChI is InChI=1S/C87H142N14O13/c88-46-20-17-23-56(51-77(104)96-70-36-11-5-30-64(70)80(107)61-27-2-4-29-63(61)84(111)94-57(24-18-21-47-89)52-79(106)99-74-40-15-9-34-68(74)86(113)100-72-38-13-7-32-66(72)82(92)109)93-83(110)62-28-3-1-26-60(62)81(108)65-31-6-12-37-71(65)97-78(105)53-58(25-19-22-48-90)95-85(112)69-35-10-16-41-75(69)101-87(114)67-33-8-14-39-73(67)98-76(103)50-55(91)49-54-42-44-59(102)45-43-54/h42-45,55-58,60-75,102H,1-41,46-53,88-91H2,(H2,92,109)(H,93,110)(H,94,111)(H,95,112)(H,96,104)(H,97,105)(H,98,103)(H,99,106)(H,100,113)(H,101,114)/t55-,56-,57-,58-,60-,61-,62?,63?,64?,65?,66?,67?,68?,69?,70-,71-,72-,73-,74-,75-/m0/s1. The number of ketones is 2. The Morgan fingerprint density at radius 1 is 0.316 bits per heavy atom. The monoisotopic (exact) mass is 1590 g/mol. The molecule has 0 saturated heterocycles. The first-order valence-corrected chi connectivity index (χ1v) is 44.8. The predicted molar refractivity (Wildman–Crippen MR) is 436 cm³/mol. The predicted octanol–water partition coefficient (Wildman–Crippen LogP) is 6.95. The molecule has 8 saturated carbocycles. The third-order valence-electron chi connectivity index (χ3n) is 26.9. The van der Waals surface area contributed by atoms with Crippen LogP contribution in [-0.2, 0) is 64.0 Å². The molecule has 0 spiro atoms.